The highest BCUT2D eigenvalue weighted by Gasteiger charge is 2.29. The first-order valence-electron chi connectivity index (χ1n) is 8.08. The van der Waals surface area contributed by atoms with E-state index in [4.69, 9.17) is 16.0 Å². The molecule has 1 saturated carbocycles. The molecule has 4 rings (SSSR count). The van der Waals surface area contributed by atoms with E-state index in [1.54, 1.807) is 17.4 Å². The molecule has 0 radical (unpaired) electrons. The molecular formula is C19H18ClNO2S. The largest absolute Gasteiger partial charge is 0.423 e. The van der Waals surface area contributed by atoms with Crippen LogP contribution in [0.3, 0.4) is 0 Å². The summed E-state index contributed by atoms with van der Waals surface area (Å²) in [7, 11) is 0. The first-order chi connectivity index (χ1) is 11.6. The molecule has 2 heterocycles. The molecule has 1 fully saturated rings. The summed E-state index contributed by atoms with van der Waals surface area (Å²) in [4.78, 5) is 14.4. The van der Waals surface area contributed by atoms with Crippen molar-refractivity contribution in [3.05, 3.63) is 67.2 Å². The van der Waals surface area contributed by atoms with Crippen LogP contribution < -0.4 is 5.63 Å². The van der Waals surface area contributed by atoms with Gasteiger partial charge in [0.25, 0.3) is 0 Å². The van der Waals surface area contributed by atoms with Gasteiger partial charge in [-0.1, -0.05) is 11.6 Å². The van der Waals surface area contributed by atoms with Crippen LogP contribution in [0.5, 0.6) is 0 Å². The highest BCUT2D eigenvalue weighted by atomic mass is 35.5. The molecule has 2 aromatic heterocycles. The van der Waals surface area contributed by atoms with Crippen LogP contribution >= 0.6 is 22.9 Å². The van der Waals surface area contributed by atoms with E-state index < -0.39 is 0 Å². The lowest BCUT2D eigenvalue weighted by Crippen LogP contribution is -2.25. The number of aryl methyl sites for hydroxylation is 1. The number of fused-ring (bicyclic) bond motifs is 1. The molecular weight excluding hydrogens is 342 g/mol. The maximum atomic E-state index is 12.0. The van der Waals surface area contributed by atoms with Gasteiger partial charge in [-0.15, -0.1) is 0 Å². The summed E-state index contributed by atoms with van der Waals surface area (Å²) in [6, 6.07) is 8.14. The quantitative estimate of drug-likeness (QED) is 0.602. The summed E-state index contributed by atoms with van der Waals surface area (Å²) in [5.41, 5.74) is 3.55. The van der Waals surface area contributed by atoms with E-state index in [0.29, 0.717) is 16.6 Å². The second-order valence-corrected chi connectivity index (χ2v) is 7.64. The number of benzene rings is 1. The lowest BCUT2D eigenvalue weighted by Gasteiger charge is -2.22. The van der Waals surface area contributed by atoms with Gasteiger partial charge in [-0.25, -0.2) is 4.79 Å². The van der Waals surface area contributed by atoms with Gasteiger partial charge in [0, 0.05) is 35.6 Å². The highest BCUT2D eigenvalue weighted by molar-refractivity contribution is 7.07. The Hall–Kier alpha value is -1.62. The molecule has 124 valence electrons. The van der Waals surface area contributed by atoms with Crippen LogP contribution in [0, 0.1) is 6.92 Å². The van der Waals surface area contributed by atoms with Crippen molar-refractivity contribution in [3.8, 4) is 0 Å². The summed E-state index contributed by atoms with van der Waals surface area (Å²) >= 11 is 8.01. The lowest BCUT2D eigenvalue weighted by atomic mass is 10.1. The average Bonchev–Trinajstić information content (AvgIpc) is 3.26. The Balaban J connectivity index is 1.72. The van der Waals surface area contributed by atoms with E-state index in [9.17, 15) is 4.79 Å². The molecule has 1 aliphatic carbocycles. The van der Waals surface area contributed by atoms with Crippen molar-refractivity contribution in [3.63, 3.8) is 0 Å². The normalized spacial score (nSPS) is 14.6. The molecule has 5 heteroatoms. The molecule has 0 aliphatic heterocycles. The van der Waals surface area contributed by atoms with E-state index in [0.717, 1.165) is 29.6 Å². The zero-order valence-electron chi connectivity index (χ0n) is 13.4. The van der Waals surface area contributed by atoms with E-state index in [2.05, 4.69) is 21.7 Å². The zero-order chi connectivity index (χ0) is 16.7. The van der Waals surface area contributed by atoms with Crippen LogP contribution in [0.25, 0.3) is 11.0 Å². The van der Waals surface area contributed by atoms with Crippen molar-refractivity contribution >= 4 is 33.9 Å². The topological polar surface area (TPSA) is 33.5 Å². The fourth-order valence-corrected chi connectivity index (χ4v) is 3.89. The summed E-state index contributed by atoms with van der Waals surface area (Å²) < 4.78 is 5.37. The molecule has 3 nitrogen and oxygen atoms in total. The van der Waals surface area contributed by atoms with Crippen molar-refractivity contribution in [2.45, 2.75) is 38.9 Å². The standard InChI is InChI=1S/C19H18ClNO2S/c1-12-6-18-16(8-17(12)20)14(7-19(22)23-18)10-21(15-2-3-15)9-13-4-5-24-11-13/h4-8,11,15H,2-3,9-10H2,1H3. The van der Waals surface area contributed by atoms with Gasteiger partial charge < -0.3 is 4.42 Å². The van der Waals surface area contributed by atoms with Crippen molar-refractivity contribution < 1.29 is 4.42 Å². The van der Waals surface area contributed by atoms with Gasteiger partial charge >= 0.3 is 5.63 Å². The monoisotopic (exact) mass is 359 g/mol. The van der Waals surface area contributed by atoms with Crippen molar-refractivity contribution in [2.75, 3.05) is 0 Å². The molecule has 0 unspecified atom stereocenters. The van der Waals surface area contributed by atoms with Gasteiger partial charge in [0.1, 0.15) is 5.58 Å². The number of halogens is 1. The molecule has 0 spiro atoms. The van der Waals surface area contributed by atoms with E-state index in [1.165, 1.54) is 18.4 Å². The minimum absolute atomic E-state index is 0.300. The summed E-state index contributed by atoms with van der Waals surface area (Å²) in [5, 5.41) is 5.93. The Morgan fingerprint density at radius 1 is 1.29 bits per heavy atom. The van der Waals surface area contributed by atoms with Crippen molar-refractivity contribution in [1.29, 1.82) is 0 Å². The first-order valence-corrected chi connectivity index (χ1v) is 9.40. The Kier molecular flexibility index (Phi) is 4.21. The minimum Gasteiger partial charge on any atom is -0.423 e. The Morgan fingerprint density at radius 3 is 2.83 bits per heavy atom. The molecule has 0 amide bonds. The van der Waals surface area contributed by atoms with Crippen molar-refractivity contribution in [2.24, 2.45) is 0 Å². The summed E-state index contributed by atoms with van der Waals surface area (Å²) in [6.45, 7) is 3.57. The number of thiophene rings is 1. The summed E-state index contributed by atoms with van der Waals surface area (Å²) in [5.74, 6) is 0. The third-order valence-corrected chi connectivity index (χ3v) is 5.65. The number of rotatable bonds is 5. The van der Waals surface area contributed by atoms with Gasteiger partial charge in [-0.05, 0) is 65.4 Å². The van der Waals surface area contributed by atoms with Gasteiger partial charge in [0.05, 0.1) is 0 Å². The third kappa shape index (κ3) is 3.27. The predicted octanol–water partition coefficient (Wildman–Crippen LogP) is 4.98. The van der Waals surface area contributed by atoms with Gasteiger partial charge in [0.15, 0.2) is 0 Å². The second kappa shape index (κ2) is 6.36. The Morgan fingerprint density at radius 2 is 2.12 bits per heavy atom. The van der Waals surface area contributed by atoms with Crippen LogP contribution in [0.15, 0.2) is 44.2 Å². The fourth-order valence-electron chi connectivity index (χ4n) is 3.07. The van der Waals surface area contributed by atoms with E-state index in [1.807, 2.05) is 19.1 Å². The molecule has 24 heavy (non-hydrogen) atoms. The highest BCUT2D eigenvalue weighted by Crippen LogP contribution is 2.32. The van der Waals surface area contributed by atoms with Gasteiger partial charge in [-0.2, -0.15) is 11.3 Å². The van der Waals surface area contributed by atoms with Gasteiger partial charge in [-0.3, -0.25) is 4.90 Å². The maximum absolute atomic E-state index is 12.0. The maximum Gasteiger partial charge on any atom is 0.336 e. The van der Waals surface area contributed by atoms with Crippen LogP contribution in [0.2, 0.25) is 5.02 Å². The van der Waals surface area contributed by atoms with Crippen LogP contribution in [-0.4, -0.2) is 10.9 Å². The first kappa shape index (κ1) is 15.9. The summed E-state index contributed by atoms with van der Waals surface area (Å²) in [6.07, 6.45) is 2.45. The Labute approximate surface area is 149 Å². The zero-order valence-corrected chi connectivity index (χ0v) is 15.0. The third-order valence-electron chi connectivity index (χ3n) is 4.51. The number of hydrogen-bond acceptors (Lipinski definition) is 4. The van der Waals surface area contributed by atoms with Crippen LogP contribution in [-0.2, 0) is 13.1 Å². The molecule has 0 bridgehead atoms. The molecule has 0 atom stereocenters. The van der Waals surface area contributed by atoms with Crippen LogP contribution in [0.1, 0.15) is 29.5 Å². The second-order valence-electron chi connectivity index (χ2n) is 6.46. The molecule has 1 aliphatic rings. The molecule has 1 aromatic carbocycles. The number of hydrogen-bond donors (Lipinski definition) is 0. The SMILES string of the molecule is Cc1cc2oc(=O)cc(CN(Cc3ccsc3)C3CC3)c2cc1Cl. The lowest BCUT2D eigenvalue weighted by molar-refractivity contribution is 0.246. The van der Waals surface area contributed by atoms with E-state index >= 15 is 0 Å². The molecule has 0 N–H and O–H groups in total. The Bertz CT molecular complexity index is 928. The predicted molar refractivity (Wildman–Crippen MR) is 98.8 cm³/mol. The average molecular weight is 360 g/mol. The van der Waals surface area contributed by atoms with E-state index in [-0.39, 0.29) is 5.63 Å². The van der Waals surface area contributed by atoms with Crippen molar-refractivity contribution in [1.82, 2.24) is 4.90 Å². The fraction of sp³-hybridized carbons (Fsp3) is 0.316. The molecule has 3 aromatic rings. The van der Waals surface area contributed by atoms with Crippen LogP contribution in [0.4, 0.5) is 0 Å². The van der Waals surface area contributed by atoms with Gasteiger partial charge in [0.2, 0.25) is 0 Å². The minimum atomic E-state index is -0.300. The molecule has 0 saturated heterocycles. The smallest absolute Gasteiger partial charge is 0.336 e. The number of nitrogens with zero attached hydrogens (tertiary/aromatic N) is 1.